The Labute approximate surface area is 108 Å². The largest absolute Gasteiger partial charge is 0.394 e. The molecule has 0 radical (unpaired) electrons. The molecular weight excluding hydrogens is 228 g/mol. The van der Waals surface area contributed by atoms with Crippen LogP contribution >= 0.6 is 0 Å². The summed E-state index contributed by atoms with van der Waals surface area (Å²) in [6.07, 6.45) is 0.917. The zero-order valence-corrected chi connectivity index (χ0v) is 11.5. The average molecular weight is 250 g/mol. The molecule has 0 unspecified atom stereocenters. The van der Waals surface area contributed by atoms with Gasteiger partial charge in [-0.2, -0.15) is 0 Å². The first-order chi connectivity index (χ1) is 8.47. The van der Waals surface area contributed by atoms with Gasteiger partial charge < -0.3 is 10.4 Å². The molecule has 0 fully saturated rings. The molecule has 4 heteroatoms. The smallest absolute Gasteiger partial charge is 0.251 e. The molecule has 0 aromatic carbocycles. The van der Waals surface area contributed by atoms with Gasteiger partial charge in [0.1, 0.15) is 0 Å². The zero-order valence-electron chi connectivity index (χ0n) is 11.5. The van der Waals surface area contributed by atoms with Crippen LogP contribution in [-0.2, 0) is 0 Å². The zero-order chi connectivity index (χ0) is 13.7. The van der Waals surface area contributed by atoms with Gasteiger partial charge in [-0.3, -0.25) is 9.78 Å². The monoisotopic (exact) mass is 250 g/mol. The van der Waals surface area contributed by atoms with E-state index in [1.165, 1.54) is 0 Å². The van der Waals surface area contributed by atoms with Gasteiger partial charge in [0.25, 0.3) is 5.91 Å². The van der Waals surface area contributed by atoms with Crippen molar-refractivity contribution in [2.75, 3.05) is 6.61 Å². The molecule has 2 atom stereocenters. The number of nitrogens with zero attached hydrogens (tertiary/aromatic N) is 1. The van der Waals surface area contributed by atoms with Gasteiger partial charge >= 0.3 is 0 Å². The van der Waals surface area contributed by atoms with Crippen LogP contribution in [0.15, 0.2) is 12.1 Å². The van der Waals surface area contributed by atoms with Crippen molar-refractivity contribution in [3.05, 3.63) is 29.1 Å². The number of hydrogen-bond donors (Lipinski definition) is 2. The quantitative estimate of drug-likeness (QED) is 0.838. The SMILES string of the molecule is CC[C@H](C)[C@@H](CO)NC(=O)c1cc(C)nc(C)c1. The second-order valence-electron chi connectivity index (χ2n) is 4.79. The van der Waals surface area contributed by atoms with Crippen molar-refractivity contribution in [2.45, 2.75) is 40.2 Å². The van der Waals surface area contributed by atoms with Crippen molar-refractivity contribution in [2.24, 2.45) is 5.92 Å². The van der Waals surface area contributed by atoms with Crippen LogP contribution in [0.1, 0.15) is 42.0 Å². The van der Waals surface area contributed by atoms with Crippen LogP contribution in [-0.4, -0.2) is 28.6 Å². The van der Waals surface area contributed by atoms with E-state index < -0.39 is 0 Å². The maximum Gasteiger partial charge on any atom is 0.251 e. The summed E-state index contributed by atoms with van der Waals surface area (Å²) >= 11 is 0. The van der Waals surface area contributed by atoms with E-state index in [1.54, 1.807) is 12.1 Å². The molecule has 1 heterocycles. The summed E-state index contributed by atoms with van der Waals surface area (Å²) in [5.74, 6) is 0.103. The molecular formula is C14H22N2O2. The Morgan fingerprint density at radius 2 is 1.94 bits per heavy atom. The van der Waals surface area contributed by atoms with Gasteiger partial charge in [0.05, 0.1) is 12.6 Å². The molecule has 0 bridgehead atoms. The minimum Gasteiger partial charge on any atom is -0.394 e. The first-order valence-electron chi connectivity index (χ1n) is 6.35. The molecule has 18 heavy (non-hydrogen) atoms. The number of carbonyl (C=O) groups is 1. The summed E-state index contributed by atoms with van der Waals surface area (Å²) in [6.45, 7) is 7.75. The Bertz CT molecular complexity index is 398. The highest BCUT2D eigenvalue weighted by Crippen LogP contribution is 2.10. The van der Waals surface area contributed by atoms with Crippen LogP contribution in [0.25, 0.3) is 0 Å². The number of aryl methyl sites for hydroxylation is 2. The number of rotatable bonds is 5. The molecule has 1 rings (SSSR count). The number of aliphatic hydroxyl groups is 1. The molecule has 100 valence electrons. The lowest BCUT2D eigenvalue weighted by atomic mass is 9.99. The third-order valence-electron chi connectivity index (χ3n) is 3.19. The fourth-order valence-electron chi connectivity index (χ4n) is 1.87. The van der Waals surface area contributed by atoms with Crippen molar-refractivity contribution in [1.29, 1.82) is 0 Å². The molecule has 0 aliphatic carbocycles. The minimum atomic E-state index is -0.198. The van der Waals surface area contributed by atoms with Gasteiger partial charge in [0.15, 0.2) is 0 Å². The van der Waals surface area contributed by atoms with Crippen LogP contribution in [0.5, 0.6) is 0 Å². The molecule has 0 spiro atoms. The predicted octanol–water partition coefficient (Wildman–Crippen LogP) is 1.84. The molecule has 2 N–H and O–H groups in total. The molecule has 0 saturated carbocycles. The summed E-state index contributed by atoms with van der Waals surface area (Å²) in [5, 5.41) is 12.2. The molecule has 0 aliphatic heterocycles. The fourth-order valence-corrected chi connectivity index (χ4v) is 1.87. The van der Waals surface area contributed by atoms with E-state index in [0.29, 0.717) is 5.56 Å². The molecule has 0 aliphatic rings. The van der Waals surface area contributed by atoms with E-state index in [0.717, 1.165) is 17.8 Å². The van der Waals surface area contributed by atoms with Crippen LogP contribution < -0.4 is 5.32 Å². The Kier molecular flexibility index (Phi) is 5.28. The maximum absolute atomic E-state index is 12.1. The number of aliphatic hydroxyl groups excluding tert-OH is 1. The lowest BCUT2D eigenvalue weighted by Crippen LogP contribution is -2.41. The highest BCUT2D eigenvalue weighted by atomic mass is 16.3. The molecule has 1 amide bonds. The third kappa shape index (κ3) is 3.81. The Morgan fingerprint density at radius 1 is 1.39 bits per heavy atom. The van der Waals surface area contributed by atoms with Crippen molar-refractivity contribution in [3.63, 3.8) is 0 Å². The molecule has 1 aromatic heterocycles. The molecule has 1 aromatic rings. The normalized spacial score (nSPS) is 14.1. The van der Waals surface area contributed by atoms with Crippen LogP contribution in [0.3, 0.4) is 0 Å². The summed E-state index contributed by atoms with van der Waals surface area (Å²) < 4.78 is 0. The lowest BCUT2D eigenvalue weighted by Gasteiger charge is -2.22. The number of amides is 1. The number of hydrogen-bond acceptors (Lipinski definition) is 3. The summed E-state index contributed by atoms with van der Waals surface area (Å²) in [6, 6.07) is 3.32. The van der Waals surface area contributed by atoms with Crippen LogP contribution in [0.4, 0.5) is 0 Å². The third-order valence-corrected chi connectivity index (χ3v) is 3.19. The van der Waals surface area contributed by atoms with Crippen molar-refractivity contribution < 1.29 is 9.90 Å². The second-order valence-corrected chi connectivity index (χ2v) is 4.79. The van der Waals surface area contributed by atoms with Crippen LogP contribution in [0.2, 0.25) is 0 Å². The fraction of sp³-hybridized carbons (Fsp3) is 0.571. The summed E-state index contributed by atoms with van der Waals surface area (Å²) in [4.78, 5) is 16.3. The van der Waals surface area contributed by atoms with E-state index >= 15 is 0 Å². The van der Waals surface area contributed by atoms with Gasteiger partial charge in [-0.1, -0.05) is 20.3 Å². The molecule has 4 nitrogen and oxygen atoms in total. The second kappa shape index (κ2) is 6.50. The summed E-state index contributed by atoms with van der Waals surface area (Å²) in [5.41, 5.74) is 2.25. The number of pyridine rings is 1. The predicted molar refractivity (Wildman–Crippen MR) is 71.5 cm³/mol. The van der Waals surface area contributed by atoms with Crippen molar-refractivity contribution >= 4 is 5.91 Å². The minimum absolute atomic E-state index is 0.0379. The molecule has 0 saturated heterocycles. The summed E-state index contributed by atoms with van der Waals surface area (Å²) in [7, 11) is 0. The van der Waals surface area contributed by atoms with E-state index in [2.05, 4.69) is 10.3 Å². The van der Waals surface area contributed by atoms with Gasteiger partial charge in [0, 0.05) is 17.0 Å². The van der Waals surface area contributed by atoms with Crippen molar-refractivity contribution in [1.82, 2.24) is 10.3 Å². The topological polar surface area (TPSA) is 62.2 Å². The number of aromatic nitrogens is 1. The van der Waals surface area contributed by atoms with Gasteiger partial charge in [0.2, 0.25) is 0 Å². The van der Waals surface area contributed by atoms with E-state index in [4.69, 9.17) is 0 Å². The maximum atomic E-state index is 12.1. The lowest BCUT2D eigenvalue weighted by molar-refractivity contribution is 0.0891. The number of carbonyl (C=O) groups excluding carboxylic acids is 1. The Hall–Kier alpha value is -1.42. The standard InChI is InChI=1S/C14H22N2O2/c1-5-9(2)13(8-17)16-14(18)12-6-10(3)15-11(4)7-12/h6-7,9,13,17H,5,8H2,1-4H3,(H,16,18)/t9-,13+/m0/s1. The van der Waals surface area contributed by atoms with Crippen molar-refractivity contribution in [3.8, 4) is 0 Å². The highest BCUT2D eigenvalue weighted by molar-refractivity contribution is 5.94. The van der Waals surface area contributed by atoms with Gasteiger partial charge in [-0.05, 0) is 31.9 Å². The first-order valence-corrected chi connectivity index (χ1v) is 6.35. The first kappa shape index (κ1) is 14.6. The van der Waals surface area contributed by atoms with E-state index in [-0.39, 0.29) is 24.5 Å². The van der Waals surface area contributed by atoms with E-state index in [9.17, 15) is 9.90 Å². The van der Waals surface area contributed by atoms with E-state index in [1.807, 2.05) is 27.7 Å². The van der Waals surface area contributed by atoms with Gasteiger partial charge in [-0.25, -0.2) is 0 Å². The van der Waals surface area contributed by atoms with Gasteiger partial charge in [-0.15, -0.1) is 0 Å². The number of nitrogens with one attached hydrogen (secondary N) is 1. The Morgan fingerprint density at radius 3 is 2.39 bits per heavy atom. The highest BCUT2D eigenvalue weighted by Gasteiger charge is 2.18. The Balaban J connectivity index is 2.80. The average Bonchev–Trinajstić information content (AvgIpc) is 2.33. The van der Waals surface area contributed by atoms with Crippen LogP contribution in [0, 0.1) is 19.8 Å².